The van der Waals surface area contributed by atoms with Gasteiger partial charge in [-0.15, -0.1) is 0 Å². The Morgan fingerprint density at radius 3 is 2.75 bits per heavy atom. The second kappa shape index (κ2) is 4.53. The summed E-state index contributed by atoms with van der Waals surface area (Å²) in [6, 6.07) is 3.20. The second-order valence-corrected chi connectivity index (χ2v) is 5.58. The van der Waals surface area contributed by atoms with Crippen LogP contribution in [0.15, 0.2) is 17.1 Å². The topological polar surface area (TPSA) is 58.5 Å². The number of nitrogens with one attached hydrogen (secondary N) is 1. The molecule has 2 aliphatic rings. The number of nitrogens with zero attached hydrogens (tertiary/aromatic N) is 1. The number of benzene rings is 1. The highest BCUT2D eigenvalue weighted by Crippen LogP contribution is 2.45. The van der Waals surface area contributed by atoms with Crippen LogP contribution < -0.4 is 5.32 Å². The Balaban J connectivity index is 2.15. The molecule has 1 aliphatic heterocycles. The van der Waals surface area contributed by atoms with Crippen molar-refractivity contribution in [3.63, 3.8) is 0 Å². The van der Waals surface area contributed by atoms with E-state index in [9.17, 15) is 14.0 Å². The number of carbonyl (C=O) groups excluding carboxylic acids is 2. The number of hydrogen-bond donors (Lipinski definition) is 1. The van der Waals surface area contributed by atoms with E-state index in [4.69, 9.17) is 0 Å². The van der Waals surface area contributed by atoms with Gasteiger partial charge in [-0.25, -0.2) is 9.18 Å². The number of isocyanates is 1. The normalized spacial score (nSPS) is 23.1. The Morgan fingerprint density at radius 2 is 2.10 bits per heavy atom. The van der Waals surface area contributed by atoms with Crippen LogP contribution in [-0.2, 0) is 15.1 Å². The number of fused-ring (bicyclic) bond motifs is 1. The highest BCUT2D eigenvalue weighted by Gasteiger charge is 2.38. The van der Waals surface area contributed by atoms with E-state index >= 15 is 0 Å². The van der Waals surface area contributed by atoms with Crippen molar-refractivity contribution >= 4 is 17.7 Å². The zero-order chi connectivity index (χ0) is 14.3. The zero-order valence-corrected chi connectivity index (χ0v) is 11.2. The minimum atomic E-state index is -0.664. The lowest BCUT2D eigenvalue weighted by Gasteiger charge is -2.24. The standard InChI is InChI=1S/C15H15FN2O2/c1-9-11-6-10(7-12(16)13(11)18-14(9)20)15(17-8-19)4-2-3-5-15/h6-7,9H,2-5H2,1H3,(H,18,20). The number of aliphatic imine (C=N–C) groups is 1. The fraction of sp³-hybridized carbons (Fsp3) is 0.467. The predicted molar refractivity (Wildman–Crippen MR) is 71.7 cm³/mol. The molecule has 1 aromatic rings. The average Bonchev–Trinajstić information content (AvgIpc) is 2.99. The fourth-order valence-electron chi connectivity index (χ4n) is 3.25. The average molecular weight is 274 g/mol. The Kier molecular flexibility index (Phi) is 2.94. The number of anilines is 1. The van der Waals surface area contributed by atoms with Crippen LogP contribution >= 0.6 is 0 Å². The van der Waals surface area contributed by atoms with E-state index in [0.717, 1.165) is 25.7 Å². The smallest absolute Gasteiger partial charge is 0.235 e. The molecule has 1 aliphatic carbocycles. The maximum Gasteiger partial charge on any atom is 0.235 e. The summed E-state index contributed by atoms with van der Waals surface area (Å²) in [5, 5.41) is 2.56. The highest BCUT2D eigenvalue weighted by atomic mass is 19.1. The van der Waals surface area contributed by atoms with E-state index in [1.807, 2.05) is 6.07 Å². The molecule has 1 atom stereocenters. The molecule has 5 heteroatoms. The molecule has 1 N–H and O–H groups in total. The largest absolute Gasteiger partial charge is 0.323 e. The van der Waals surface area contributed by atoms with Gasteiger partial charge in [-0.3, -0.25) is 4.79 Å². The van der Waals surface area contributed by atoms with Gasteiger partial charge in [-0.2, -0.15) is 4.99 Å². The molecule has 104 valence electrons. The minimum absolute atomic E-state index is 0.199. The van der Waals surface area contributed by atoms with Crippen LogP contribution in [0.25, 0.3) is 0 Å². The molecule has 4 nitrogen and oxygen atoms in total. The molecule has 0 saturated heterocycles. The Labute approximate surface area is 116 Å². The van der Waals surface area contributed by atoms with Crippen LogP contribution in [0, 0.1) is 5.82 Å². The van der Waals surface area contributed by atoms with Gasteiger partial charge in [-0.1, -0.05) is 18.9 Å². The van der Waals surface area contributed by atoms with Crippen molar-refractivity contribution in [1.82, 2.24) is 0 Å². The molecule has 0 aromatic heterocycles. The summed E-state index contributed by atoms with van der Waals surface area (Å²) in [5.74, 6) is -1.03. The lowest BCUT2D eigenvalue weighted by Crippen LogP contribution is -2.19. The van der Waals surface area contributed by atoms with Crippen molar-refractivity contribution in [2.75, 3.05) is 5.32 Å². The van der Waals surface area contributed by atoms with Gasteiger partial charge in [0.15, 0.2) is 0 Å². The summed E-state index contributed by atoms with van der Waals surface area (Å²) in [4.78, 5) is 26.3. The molecule has 20 heavy (non-hydrogen) atoms. The van der Waals surface area contributed by atoms with Gasteiger partial charge in [0, 0.05) is 0 Å². The van der Waals surface area contributed by atoms with Gasteiger partial charge < -0.3 is 5.32 Å². The first-order chi connectivity index (χ1) is 9.57. The van der Waals surface area contributed by atoms with E-state index < -0.39 is 11.4 Å². The molecule has 1 amide bonds. The number of halogens is 1. The summed E-state index contributed by atoms with van der Waals surface area (Å²) in [7, 11) is 0. The van der Waals surface area contributed by atoms with Crippen molar-refractivity contribution in [3.05, 3.63) is 29.1 Å². The van der Waals surface area contributed by atoms with Crippen molar-refractivity contribution in [2.24, 2.45) is 4.99 Å². The maximum atomic E-state index is 14.2. The Bertz CT molecular complexity index is 629. The van der Waals surface area contributed by atoms with Crippen molar-refractivity contribution in [1.29, 1.82) is 0 Å². The molecule has 0 spiro atoms. The van der Waals surface area contributed by atoms with Crippen LogP contribution in [-0.4, -0.2) is 12.0 Å². The highest BCUT2D eigenvalue weighted by molar-refractivity contribution is 6.02. The van der Waals surface area contributed by atoms with Crippen LogP contribution in [0.3, 0.4) is 0 Å². The number of carbonyl (C=O) groups is 1. The molecule has 0 bridgehead atoms. The number of amides is 1. The SMILES string of the molecule is CC1C(=O)Nc2c(F)cc(C3(N=C=O)CCCC3)cc21. The molecule has 1 aromatic carbocycles. The first-order valence-corrected chi connectivity index (χ1v) is 6.81. The van der Waals surface area contributed by atoms with E-state index in [0.29, 0.717) is 11.1 Å². The minimum Gasteiger partial charge on any atom is -0.323 e. The van der Waals surface area contributed by atoms with Crippen LogP contribution in [0.4, 0.5) is 10.1 Å². The zero-order valence-electron chi connectivity index (χ0n) is 11.2. The summed E-state index contributed by atoms with van der Waals surface area (Å²) >= 11 is 0. The number of rotatable bonds is 2. The molecule has 1 heterocycles. The second-order valence-electron chi connectivity index (χ2n) is 5.58. The monoisotopic (exact) mass is 274 g/mol. The molecule has 0 radical (unpaired) electrons. The first-order valence-electron chi connectivity index (χ1n) is 6.81. The van der Waals surface area contributed by atoms with Crippen LogP contribution in [0.5, 0.6) is 0 Å². The fourth-order valence-corrected chi connectivity index (χ4v) is 3.25. The summed E-state index contributed by atoms with van der Waals surface area (Å²) in [6.07, 6.45) is 4.97. The van der Waals surface area contributed by atoms with Crippen LogP contribution in [0.2, 0.25) is 0 Å². The molecular formula is C15H15FN2O2. The van der Waals surface area contributed by atoms with Gasteiger partial charge in [0.05, 0.1) is 17.1 Å². The van der Waals surface area contributed by atoms with Gasteiger partial charge in [0.1, 0.15) is 5.82 Å². The van der Waals surface area contributed by atoms with Crippen molar-refractivity contribution < 1.29 is 14.0 Å². The van der Waals surface area contributed by atoms with E-state index in [2.05, 4.69) is 10.3 Å². The number of hydrogen-bond acceptors (Lipinski definition) is 3. The summed E-state index contributed by atoms with van der Waals surface area (Å²) < 4.78 is 14.2. The maximum absolute atomic E-state index is 14.2. The third kappa shape index (κ3) is 1.78. The molecule has 1 unspecified atom stereocenters. The van der Waals surface area contributed by atoms with Gasteiger partial charge >= 0.3 is 0 Å². The molecule has 1 fully saturated rings. The predicted octanol–water partition coefficient (Wildman–Crippen LogP) is 2.99. The van der Waals surface area contributed by atoms with Gasteiger partial charge in [-0.05, 0) is 37.0 Å². The summed E-state index contributed by atoms with van der Waals surface area (Å²) in [6.45, 7) is 1.74. The first kappa shape index (κ1) is 13.0. The van der Waals surface area contributed by atoms with E-state index in [1.54, 1.807) is 13.0 Å². The lowest BCUT2D eigenvalue weighted by atomic mass is 9.86. The van der Waals surface area contributed by atoms with E-state index in [1.165, 1.54) is 6.07 Å². The van der Waals surface area contributed by atoms with Gasteiger partial charge in [0.25, 0.3) is 0 Å². The Hall–Kier alpha value is -2.00. The Morgan fingerprint density at radius 1 is 1.40 bits per heavy atom. The summed E-state index contributed by atoms with van der Waals surface area (Å²) in [5.41, 5.74) is 0.924. The third-order valence-electron chi connectivity index (χ3n) is 4.46. The van der Waals surface area contributed by atoms with Crippen molar-refractivity contribution in [2.45, 2.75) is 44.1 Å². The van der Waals surface area contributed by atoms with Gasteiger partial charge in [0.2, 0.25) is 12.0 Å². The quantitative estimate of drug-likeness (QED) is 0.665. The van der Waals surface area contributed by atoms with E-state index in [-0.39, 0.29) is 17.5 Å². The van der Waals surface area contributed by atoms with Crippen LogP contribution in [0.1, 0.15) is 49.7 Å². The molecule has 3 rings (SSSR count). The molecular weight excluding hydrogens is 259 g/mol. The van der Waals surface area contributed by atoms with Crippen molar-refractivity contribution in [3.8, 4) is 0 Å². The lowest BCUT2D eigenvalue weighted by molar-refractivity contribution is -0.116. The molecule has 1 saturated carbocycles. The third-order valence-corrected chi connectivity index (χ3v) is 4.46.